The number of hydrogen-bond donors (Lipinski definition) is 3. The Morgan fingerprint density at radius 2 is 1.76 bits per heavy atom. The summed E-state index contributed by atoms with van der Waals surface area (Å²) in [5.41, 5.74) is 4.90. The number of benzene rings is 2. The molecular weight excluding hydrogens is 529 g/mol. The summed E-state index contributed by atoms with van der Waals surface area (Å²) in [6.45, 7) is 3.66. The lowest BCUT2D eigenvalue weighted by Crippen LogP contribution is -2.40. The highest BCUT2D eigenvalue weighted by molar-refractivity contribution is 14.0. The van der Waals surface area contributed by atoms with E-state index in [0.29, 0.717) is 19.0 Å². The number of aromatic nitrogens is 1. The van der Waals surface area contributed by atoms with Gasteiger partial charge in [-0.3, -0.25) is 4.79 Å². The number of carbonyl (C=O) groups excluding carboxylic acids is 1. The van der Waals surface area contributed by atoms with Crippen molar-refractivity contribution in [2.75, 3.05) is 40.8 Å². The van der Waals surface area contributed by atoms with Gasteiger partial charge in [0, 0.05) is 44.3 Å². The molecule has 3 aromatic rings. The van der Waals surface area contributed by atoms with Gasteiger partial charge in [0.2, 0.25) is 5.91 Å². The van der Waals surface area contributed by atoms with E-state index in [1.54, 1.807) is 26.1 Å². The van der Waals surface area contributed by atoms with Crippen LogP contribution < -0.4 is 15.4 Å². The molecule has 0 aliphatic heterocycles. The first-order valence-electron chi connectivity index (χ1n) is 10.9. The molecule has 0 saturated carbocycles. The lowest BCUT2D eigenvalue weighted by molar-refractivity contribution is -0.127. The Balaban J connectivity index is 0.00000385. The van der Waals surface area contributed by atoms with Gasteiger partial charge in [0.05, 0.1) is 7.11 Å². The number of nitrogens with zero attached hydrogens (tertiary/aromatic N) is 2. The van der Waals surface area contributed by atoms with Gasteiger partial charge in [-0.2, -0.15) is 0 Å². The first-order valence-corrected chi connectivity index (χ1v) is 10.9. The number of fused-ring (bicyclic) bond motifs is 1. The molecule has 0 saturated heterocycles. The summed E-state index contributed by atoms with van der Waals surface area (Å²) < 4.78 is 5.21. The van der Waals surface area contributed by atoms with Crippen LogP contribution in [-0.2, 0) is 17.6 Å². The lowest BCUT2D eigenvalue weighted by atomic mass is 10.1. The van der Waals surface area contributed by atoms with E-state index >= 15 is 0 Å². The van der Waals surface area contributed by atoms with Crippen molar-refractivity contribution in [3.8, 4) is 5.75 Å². The average Bonchev–Trinajstić information content (AvgIpc) is 3.21. The minimum Gasteiger partial charge on any atom is -0.497 e. The van der Waals surface area contributed by atoms with Gasteiger partial charge >= 0.3 is 0 Å². The van der Waals surface area contributed by atoms with Crippen molar-refractivity contribution in [2.24, 2.45) is 4.99 Å². The van der Waals surface area contributed by atoms with Crippen LogP contribution in [0.2, 0.25) is 0 Å². The Bertz CT molecular complexity index is 1060. The molecule has 2 aromatic carbocycles. The number of aromatic amines is 1. The van der Waals surface area contributed by atoms with Gasteiger partial charge in [0.15, 0.2) is 5.96 Å². The maximum absolute atomic E-state index is 12.0. The SMILES string of the molecule is COc1ccc(CCNC(=NCC(=O)N(C)C)NCCc2c[nH]c3cccc(C)c23)cc1.I. The van der Waals surface area contributed by atoms with E-state index in [-0.39, 0.29) is 36.4 Å². The normalized spacial score (nSPS) is 11.1. The molecule has 178 valence electrons. The molecular formula is C25H34IN5O2. The summed E-state index contributed by atoms with van der Waals surface area (Å²) in [6, 6.07) is 14.3. The average molecular weight is 563 g/mol. The van der Waals surface area contributed by atoms with Crippen molar-refractivity contribution < 1.29 is 9.53 Å². The number of likely N-dealkylation sites (N-methyl/N-ethyl adjacent to an activating group) is 1. The van der Waals surface area contributed by atoms with Gasteiger partial charge in [0.1, 0.15) is 12.3 Å². The molecule has 0 spiro atoms. The van der Waals surface area contributed by atoms with Crippen molar-refractivity contribution in [3.63, 3.8) is 0 Å². The zero-order chi connectivity index (χ0) is 22.9. The summed E-state index contributed by atoms with van der Waals surface area (Å²) in [7, 11) is 5.14. The number of ether oxygens (including phenoxy) is 1. The predicted octanol–water partition coefficient (Wildman–Crippen LogP) is 3.51. The number of nitrogens with one attached hydrogen (secondary N) is 3. The van der Waals surface area contributed by atoms with Crippen LogP contribution >= 0.6 is 24.0 Å². The van der Waals surface area contributed by atoms with Gasteiger partial charge < -0.3 is 25.3 Å². The number of methoxy groups -OCH3 is 1. The molecule has 0 radical (unpaired) electrons. The third-order valence-corrected chi connectivity index (χ3v) is 5.42. The molecule has 3 rings (SSSR count). The van der Waals surface area contributed by atoms with E-state index in [0.717, 1.165) is 24.1 Å². The number of hydrogen-bond acceptors (Lipinski definition) is 3. The summed E-state index contributed by atoms with van der Waals surface area (Å²) in [5.74, 6) is 1.46. The molecule has 0 fully saturated rings. The maximum atomic E-state index is 12.0. The van der Waals surface area contributed by atoms with Crippen molar-refractivity contribution in [2.45, 2.75) is 19.8 Å². The zero-order valence-electron chi connectivity index (χ0n) is 19.8. The number of guanidine groups is 1. The molecule has 8 heteroatoms. The van der Waals surface area contributed by atoms with Crippen LogP contribution in [0.15, 0.2) is 53.7 Å². The minimum absolute atomic E-state index is 0. The Morgan fingerprint density at radius 3 is 2.42 bits per heavy atom. The monoisotopic (exact) mass is 563 g/mol. The predicted molar refractivity (Wildman–Crippen MR) is 146 cm³/mol. The highest BCUT2D eigenvalue weighted by atomic mass is 127. The molecule has 0 aliphatic carbocycles. The van der Waals surface area contributed by atoms with Crippen LogP contribution in [0.5, 0.6) is 5.75 Å². The fraction of sp³-hybridized carbons (Fsp3) is 0.360. The minimum atomic E-state index is -0.0338. The van der Waals surface area contributed by atoms with Crippen LogP contribution in [0.1, 0.15) is 16.7 Å². The maximum Gasteiger partial charge on any atom is 0.243 e. The highest BCUT2D eigenvalue weighted by Gasteiger charge is 2.08. The van der Waals surface area contributed by atoms with Crippen molar-refractivity contribution >= 4 is 46.7 Å². The van der Waals surface area contributed by atoms with Gasteiger partial charge in [-0.1, -0.05) is 24.3 Å². The fourth-order valence-electron chi connectivity index (χ4n) is 3.54. The van der Waals surface area contributed by atoms with E-state index in [9.17, 15) is 4.79 Å². The van der Waals surface area contributed by atoms with Crippen LogP contribution in [0.25, 0.3) is 10.9 Å². The van der Waals surface area contributed by atoms with E-state index in [1.807, 2.05) is 12.1 Å². The molecule has 1 heterocycles. The quantitative estimate of drug-likeness (QED) is 0.212. The second-order valence-corrected chi connectivity index (χ2v) is 7.97. The first-order chi connectivity index (χ1) is 15.5. The lowest BCUT2D eigenvalue weighted by Gasteiger charge is -2.14. The fourth-order valence-corrected chi connectivity index (χ4v) is 3.54. The van der Waals surface area contributed by atoms with E-state index < -0.39 is 0 Å². The molecule has 0 bridgehead atoms. The van der Waals surface area contributed by atoms with Crippen molar-refractivity contribution in [3.05, 3.63) is 65.4 Å². The van der Waals surface area contributed by atoms with Crippen molar-refractivity contribution in [1.29, 1.82) is 0 Å². The molecule has 3 N–H and O–H groups in total. The van der Waals surface area contributed by atoms with E-state index in [2.05, 4.69) is 64.1 Å². The molecule has 1 aromatic heterocycles. The van der Waals surface area contributed by atoms with Crippen LogP contribution in [0, 0.1) is 6.92 Å². The molecule has 0 aliphatic rings. The Kier molecular flexibility index (Phi) is 10.5. The van der Waals surface area contributed by atoms with E-state index in [4.69, 9.17) is 4.74 Å². The van der Waals surface area contributed by atoms with Crippen molar-refractivity contribution in [1.82, 2.24) is 20.5 Å². The van der Waals surface area contributed by atoms with E-state index in [1.165, 1.54) is 22.1 Å². The number of carbonyl (C=O) groups is 1. The zero-order valence-corrected chi connectivity index (χ0v) is 22.1. The van der Waals surface area contributed by atoms with Gasteiger partial charge in [-0.05, 0) is 54.7 Å². The Hall–Kier alpha value is -2.75. The third-order valence-electron chi connectivity index (χ3n) is 5.42. The van der Waals surface area contributed by atoms with Crippen LogP contribution in [-0.4, -0.2) is 62.6 Å². The summed E-state index contributed by atoms with van der Waals surface area (Å²) in [4.78, 5) is 21.4. The second kappa shape index (κ2) is 13.1. The highest BCUT2D eigenvalue weighted by Crippen LogP contribution is 2.22. The smallest absolute Gasteiger partial charge is 0.243 e. The Labute approximate surface area is 213 Å². The summed E-state index contributed by atoms with van der Waals surface area (Å²) in [5, 5.41) is 8.00. The number of rotatable bonds is 9. The molecule has 33 heavy (non-hydrogen) atoms. The molecule has 0 atom stereocenters. The van der Waals surface area contributed by atoms with Crippen LogP contribution in [0.4, 0.5) is 0 Å². The standard InChI is InChI=1S/C25H33N5O2.HI/c1-18-6-5-7-22-24(18)20(16-28-22)13-15-27-25(29-17-23(31)30(2)3)26-14-12-19-8-10-21(32-4)11-9-19;/h5-11,16,28H,12-15,17H2,1-4H3,(H2,26,27,29);1H. The summed E-state index contributed by atoms with van der Waals surface area (Å²) in [6.07, 6.45) is 3.77. The number of H-pyrrole nitrogens is 1. The number of amides is 1. The number of aliphatic imine (C=N–C) groups is 1. The van der Waals surface area contributed by atoms with Crippen LogP contribution in [0.3, 0.4) is 0 Å². The largest absolute Gasteiger partial charge is 0.497 e. The topological polar surface area (TPSA) is 81.8 Å². The molecule has 0 unspecified atom stereocenters. The molecule has 7 nitrogen and oxygen atoms in total. The second-order valence-electron chi connectivity index (χ2n) is 7.97. The third kappa shape index (κ3) is 7.66. The molecule has 1 amide bonds. The van der Waals surface area contributed by atoms with Gasteiger partial charge in [-0.15, -0.1) is 24.0 Å². The number of halogens is 1. The summed E-state index contributed by atoms with van der Waals surface area (Å²) >= 11 is 0. The first kappa shape index (κ1) is 26.5. The van der Waals surface area contributed by atoms with Gasteiger partial charge in [-0.25, -0.2) is 4.99 Å². The van der Waals surface area contributed by atoms with Gasteiger partial charge in [0.25, 0.3) is 0 Å². The Morgan fingerprint density at radius 1 is 1.06 bits per heavy atom. The number of aryl methyl sites for hydroxylation is 1.